The Balaban J connectivity index is 1.59. The van der Waals surface area contributed by atoms with Crippen LogP contribution >= 0.6 is 22.9 Å². The summed E-state index contributed by atoms with van der Waals surface area (Å²) in [5.74, 6) is 0.829. The van der Waals surface area contributed by atoms with E-state index in [1.165, 1.54) is 29.5 Å². The Hall–Kier alpha value is -2.56. The van der Waals surface area contributed by atoms with Crippen molar-refractivity contribution in [2.45, 2.75) is 0 Å². The van der Waals surface area contributed by atoms with Crippen molar-refractivity contribution in [1.82, 2.24) is 4.98 Å². The molecule has 1 amide bonds. The molecule has 2 heterocycles. The fourth-order valence-electron chi connectivity index (χ4n) is 2.63. The van der Waals surface area contributed by atoms with Crippen molar-refractivity contribution in [3.63, 3.8) is 0 Å². The maximum Gasteiger partial charge on any atom is 0.257 e. The molecule has 1 aromatic heterocycles. The van der Waals surface area contributed by atoms with Crippen LogP contribution in [-0.4, -0.2) is 38.8 Å². The number of sulfonamides is 1. The fourth-order valence-corrected chi connectivity index (χ4v) is 4.29. The molecule has 0 fully saturated rings. The summed E-state index contributed by atoms with van der Waals surface area (Å²) in [5, 5.41) is 3.30. The summed E-state index contributed by atoms with van der Waals surface area (Å²) in [5.41, 5.74) is 1.05. The summed E-state index contributed by atoms with van der Waals surface area (Å²) in [4.78, 5) is 17.0. The third-order valence-electron chi connectivity index (χ3n) is 3.80. The molecular weight excluding hydrogens is 426 g/mol. The summed E-state index contributed by atoms with van der Waals surface area (Å²) < 4.78 is 37.1. The molecule has 0 saturated carbocycles. The van der Waals surface area contributed by atoms with Gasteiger partial charge in [-0.15, -0.1) is 0 Å². The third kappa shape index (κ3) is 3.98. The van der Waals surface area contributed by atoms with Gasteiger partial charge < -0.3 is 9.47 Å². The van der Waals surface area contributed by atoms with Gasteiger partial charge in [0.25, 0.3) is 5.91 Å². The number of ether oxygens (including phenoxy) is 2. The number of carbonyl (C=O) groups is 1. The van der Waals surface area contributed by atoms with Gasteiger partial charge >= 0.3 is 0 Å². The van der Waals surface area contributed by atoms with Crippen LogP contribution in [0.25, 0.3) is 10.2 Å². The van der Waals surface area contributed by atoms with E-state index >= 15 is 0 Å². The van der Waals surface area contributed by atoms with Crippen molar-refractivity contribution >= 4 is 59.9 Å². The Morgan fingerprint density at radius 3 is 2.61 bits per heavy atom. The highest BCUT2D eigenvalue weighted by Crippen LogP contribution is 2.38. The smallest absolute Gasteiger partial charge is 0.257 e. The van der Waals surface area contributed by atoms with E-state index in [0.717, 1.165) is 11.0 Å². The van der Waals surface area contributed by atoms with Crippen molar-refractivity contribution in [2.75, 3.05) is 29.5 Å². The van der Waals surface area contributed by atoms with Crippen LogP contribution < -0.4 is 19.5 Å². The Morgan fingerprint density at radius 1 is 1.18 bits per heavy atom. The summed E-state index contributed by atoms with van der Waals surface area (Å²) >= 11 is 7.28. The molecule has 8 nitrogen and oxygen atoms in total. The number of amides is 1. The lowest BCUT2D eigenvalue weighted by atomic mass is 10.2. The summed E-state index contributed by atoms with van der Waals surface area (Å²) in [6, 6.07) is 7.91. The Morgan fingerprint density at radius 2 is 1.89 bits per heavy atom. The topological polar surface area (TPSA) is 107 Å². The van der Waals surface area contributed by atoms with E-state index in [4.69, 9.17) is 21.1 Å². The van der Waals surface area contributed by atoms with E-state index in [1.54, 1.807) is 6.07 Å². The summed E-state index contributed by atoms with van der Waals surface area (Å²) in [7, 11) is -3.53. The number of anilines is 2. The largest absolute Gasteiger partial charge is 0.486 e. The van der Waals surface area contributed by atoms with Gasteiger partial charge in [-0.1, -0.05) is 22.9 Å². The molecule has 0 aliphatic carbocycles. The van der Waals surface area contributed by atoms with Crippen LogP contribution in [0.3, 0.4) is 0 Å². The molecule has 146 valence electrons. The number of nitrogens with one attached hydrogen (secondary N) is 2. The second kappa shape index (κ2) is 7.12. The number of halogens is 1. The lowest BCUT2D eigenvalue weighted by Crippen LogP contribution is -2.15. The minimum absolute atomic E-state index is 0.128. The standard InChI is InChI=1S/C17H14ClN3O5S2/c1-28(23,24)21-11-6-9(2-3-10(11)18)16(22)20-17-19-12-7-13-14(8-15(12)27-17)26-5-4-25-13/h2-3,6-8,21H,4-5H2,1H3,(H,19,20,22). The van der Waals surface area contributed by atoms with Crippen molar-refractivity contribution < 1.29 is 22.7 Å². The summed E-state index contributed by atoms with van der Waals surface area (Å²) in [6.07, 6.45) is 1.00. The van der Waals surface area contributed by atoms with Gasteiger partial charge in [-0.2, -0.15) is 0 Å². The maximum atomic E-state index is 12.6. The first-order chi connectivity index (χ1) is 13.3. The number of carbonyl (C=O) groups excluding carboxylic acids is 1. The normalized spacial score (nSPS) is 13.4. The number of benzene rings is 2. The number of aromatic nitrogens is 1. The number of hydrogen-bond donors (Lipinski definition) is 2. The summed E-state index contributed by atoms with van der Waals surface area (Å²) in [6.45, 7) is 0.966. The van der Waals surface area contributed by atoms with Crippen molar-refractivity contribution in [3.05, 3.63) is 40.9 Å². The number of nitrogens with zero attached hydrogens (tertiary/aromatic N) is 1. The first kappa shape index (κ1) is 18.8. The highest BCUT2D eigenvalue weighted by atomic mass is 35.5. The van der Waals surface area contributed by atoms with Crippen molar-refractivity contribution in [3.8, 4) is 11.5 Å². The second-order valence-corrected chi connectivity index (χ2v) is 9.19. The zero-order chi connectivity index (χ0) is 19.9. The molecule has 0 bridgehead atoms. The average molecular weight is 440 g/mol. The van der Waals surface area contributed by atoms with Crippen LogP contribution in [-0.2, 0) is 10.0 Å². The SMILES string of the molecule is CS(=O)(=O)Nc1cc(C(=O)Nc2nc3cc4c(cc3s2)OCCO4)ccc1Cl. The minimum atomic E-state index is -3.53. The van der Waals surface area contributed by atoms with Crippen LogP contribution in [0.2, 0.25) is 5.02 Å². The third-order valence-corrected chi connectivity index (χ3v) is 5.65. The highest BCUT2D eigenvalue weighted by molar-refractivity contribution is 7.92. The van der Waals surface area contributed by atoms with Crippen LogP contribution in [0.1, 0.15) is 10.4 Å². The first-order valence-corrected chi connectivity index (χ1v) is 11.2. The average Bonchev–Trinajstić information content (AvgIpc) is 3.01. The Kier molecular flexibility index (Phi) is 4.77. The van der Waals surface area contributed by atoms with E-state index in [9.17, 15) is 13.2 Å². The Bertz CT molecular complexity index is 1150. The molecule has 2 aromatic carbocycles. The molecular formula is C17H14ClN3O5S2. The molecule has 0 spiro atoms. The molecule has 1 aliphatic heterocycles. The van der Waals surface area contributed by atoms with Gasteiger partial charge in [-0.05, 0) is 18.2 Å². The molecule has 4 rings (SSSR count). The van der Waals surface area contributed by atoms with Gasteiger partial charge in [-0.25, -0.2) is 13.4 Å². The first-order valence-electron chi connectivity index (χ1n) is 8.07. The van der Waals surface area contributed by atoms with Gasteiger partial charge in [0, 0.05) is 17.7 Å². The minimum Gasteiger partial charge on any atom is -0.486 e. The molecule has 0 radical (unpaired) electrons. The van der Waals surface area contributed by atoms with Gasteiger partial charge in [0.2, 0.25) is 10.0 Å². The fraction of sp³-hybridized carbons (Fsp3) is 0.176. The monoisotopic (exact) mass is 439 g/mol. The predicted octanol–water partition coefficient (Wildman–Crippen LogP) is 3.34. The van der Waals surface area contributed by atoms with E-state index in [0.29, 0.717) is 35.4 Å². The molecule has 3 aromatic rings. The molecule has 0 atom stereocenters. The lowest BCUT2D eigenvalue weighted by Gasteiger charge is -2.17. The maximum absolute atomic E-state index is 12.6. The number of rotatable bonds is 4. The predicted molar refractivity (Wildman–Crippen MR) is 108 cm³/mol. The van der Waals surface area contributed by atoms with Crippen LogP contribution in [0.4, 0.5) is 10.8 Å². The van der Waals surface area contributed by atoms with Crippen LogP contribution in [0, 0.1) is 0 Å². The van der Waals surface area contributed by atoms with E-state index in [-0.39, 0.29) is 16.3 Å². The highest BCUT2D eigenvalue weighted by Gasteiger charge is 2.17. The van der Waals surface area contributed by atoms with Crippen LogP contribution in [0.15, 0.2) is 30.3 Å². The zero-order valence-electron chi connectivity index (χ0n) is 14.5. The molecule has 1 aliphatic rings. The van der Waals surface area contributed by atoms with Gasteiger partial charge in [0.15, 0.2) is 16.6 Å². The van der Waals surface area contributed by atoms with Crippen LogP contribution in [0.5, 0.6) is 11.5 Å². The van der Waals surface area contributed by atoms with Gasteiger partial charge in [-0.3, -0.25) is 14.8 Å². The Labute approximate surface area is 169 Å². The molecule has 28 heavy (non-hydrogen) atoms. The van der Waals surface area contributed by atoms with E-state index in [2.05, 4.69) is 15.0 Å². The van der Waals surface area contributed by atoms with Crippen molar-refractivity contribution in [2.24, 2.45) is 0 Å². The molecule has 0 unspecified atom stereocenters. The number of hydrogen-bond acceptors (Lipinski definition) is 7. The molecule has 2 N–H and O–H groups in total. The van der Waals surface area contributed by atoms with E-state index < -0.39 is 15.9 Å². The van der Waals surface area contributed by atoms with Gasteiger partial charge in [0.1, 0.15) is 13.2 Å². The molecule has 11 heteroatoms. The lowest BCUT2D eigenvalue weighted by molar-refractivity contribution is 0.102. The quantitative estimate of drug-likeness (QED) is 0.645. The van der Waals surface area contributed by atoms with E-state index in [1.807, 2.05) is 6.07 Å². The number of thiazole rings is 1. The number of fused-ring (bicyclic) bond motifs is 2. The van der Waals surface area contributed by atoms with Gasteiger partial charge in [0.05, 0.1) is 27.2 Å². The molecule has 0 saturated heterocycles. The second-order valence-electron chi connectivity index (χ2n) is 6.01. The zero-order valence-corrected chi connectivity index (χ0v) is 16.9. The van der Waals surface area contributed by atoms with Crippen molar-refractivity contribution in [1.29, 1.82) is 0 Å².